The summed E-state index contributed by atoms with van der Waals surface area (Å²) in [5.41, 5.74) is 2.39. The lowest BCUT2D eigenvalue weighted by atomic mass is 10.1. The molecular formula is C9H8ClNO2. The van der Waals surface area contributed by atoms with Crippen LogP contribution in [0.25, 0.3) is 0 Å². The van der Waals surface area contributed by atoms with E-state index in [1.165, 1.54) is 0 Å². The number of hydrogen-bond donors (Lipinski definition) is 0. The van der Waals surface area contributed by atoms with Crippen molar-refractivity contribution >= 4 is 17.9 Å². The maximum absolute atomic E-state index is 10.5. The van der Waals surface area contributed by atoms with Crippen molar-refractivity contribution in [1.29, 1.82) is 0 Å². The summed E-state index contributed by atoms with van der Waals surface area (Å²) < 4.78 is 5.24. The summed E-state index contributed by atoms with van der Waals surface area (Å²) in [7, 11) is 0. The summed E-state index contributed by atoms with van der Waals surface area (Å²) in [5, 5.41) is 0.388. The Morgan fingerprint density at radius 1 is 1.62 bits per heavy atom. The molecule has 1 aliphatic heterocycles. The predicted octanol–water partition coefficient (Wildman–Crippen LogP) is 1.62. The van der Waals surface area contributed by atoms with E-state index in [9.17, 15) is 4.79 Å². The first-order chi connectivity index (χ1) is 6.31. The van der Waals surface area contributed by atoms with Crippen molar-refractivity contribution in [2.75, 3.05) is 6.61 Å². The summed E-state index contributed by atoms with van der Waals surface area (Å²) >= 11 is 5.88. The van der Waals surface area contributed by atoms with Crippen molar-refractivity contribution in [2.24, 2.45) is 0 Å². The Morgan fingerprint density at radius 2 is 2.46 bits per heavy atom. The first-order valence-corrected chi connectivity index (χ1v) is 4.40. The molecule has 0 aliphatic carbocycles. The Morgan fingerprint density at radius 3 is 3.23 bits per heavy atom. The van der Waals surface area contributed by atoms with Gasteiger partial charge in [0.15, 0.2) is 6.29 Å². The Labute approximate surface area is 80.7 Å². The molecule has 0 N–H and O–H groups in total. The third kappa shape index (κ3) is 1.57. The van der Waals surface area contributed by atoms with Gasteiger partial charge in [-0.05, 0) is 18.1 Å². The van der Waals surface area contributed by atoms with Gasteiger partial charge in [0.2, 0.25) is 0 Å². The third-order valence-electron chi connectivity index (χ3n) is 2.07. The van der Waals surface area contributed by atoms with Crippen LogP contribution < -0.4 is 0 Å². The van der Waals surface area contributed by atoms with Crippen molar-refractivity contribution in [3.05, 3.63) is 28.0 Å². The largest absolute Gasteiger partial charge is 0.376 e. The molecule has 0 unspecified atom stereocenters. The minimum Gasteiger partial charge on any atom is -0.376 e. The number of carbonyl (C=O) groups excluding carboxylic acids is 1. The number of nitrogens with zero attached hydrogens (tertiary/aromatic N) is 1. The van der Waals surface area contributed by atoms with Crippen LogP contribution in [0, 0.1) is 0 Å². The molecule has 0 bridgehead atoms. The van der Waals surface area contributed by atoms with Gasteiger partial charge in [-0.1, -0.05) is 11.6 Å². The van der Waals surface area contributed by atoms with Crippen LogP contribution in [0.5, 0.6) is 0 Å². The van der Waals surface area contributed by atoms with Gasteiger partial charge in [-0.2, -0.15) is 0 Å². The van der Waals surface area contributed by atoms with Gasteiger partial charge < -0.3 is 4.74 Å². The van der Waals surface area contributed by atoms with Crippen LogP contribution in [0.15, 0.2) is 6.07 Å². The molecular weight excluding hydrogens is 190 g/mol. The molecule has 2 rings (SSSR count). The molecule has 1 aromatic rings. The molecule has 4 heteroatoms. The molecule has 68 valence electrons. The van der Waals surface area contributed by atoms with Crippen LogP contribution in [-0.2, 0) is 17.8 Å². The van der Waals surface area contributed by atoms with Crippen molar-refractivity contribution in [3.8, 4) is 0 Å². The second kappa shape index (κ2) is 3.44. The number of aromatic nitrogens is 1. The van der Waals surface area contributed by atoms with E-state index in [0.717, 1.165) is 17.5 Å². The molecule has 1 aromatic heterocycles. The van der Waals surface area contributed by atoms with E-state index in [2.05, 4.69) is 4.98 Å². The molecule has 0 saturated carbocycles. The first kappa shape index (κ1) is 8.66. The lowest BCUT2D eigenvalue weighted by Crippen LogP contribution is -2.12. The van der Waals surface area contributed by atoms with Crippen LogP contribution >= 0.6 is 11.6 Å². The summed E-state index contributed by atoms with van der Waals surface area (Å²) in [6.07, 6.45) is 1.51. The summed E-state index contributed by atoms with van der Waals surface area (Å²) in [6.45, 7) is 1.19. The highest BCUT2D eigenvalue weighted by atomic mass is 35.5. The zero-order valence-corrected chi connectivity index (χ0v) is 7.67. The number of ether oxygens (including phenoxy) is 1. The quantitative estimate of drug-likeness (QED) is 0.507. The zero-order valence-electron chi connectivity index (χ0n) is 6.92. The van der Waals surface area contributed by atoms with Crippen molar-refractivity contribution < 1.29 is 9.53 Å². The molecule has 0 atom stereocenters. The highest BCUT2D eigenvalue weighted by Gasteiger charge is 2.14. The van der Waals surface area contributed by atoms with Gasteiger partial charge >= 0.3 is 0 Å². The van der Waals surface area contributed by atoms with Gasteiger partial charge in [0.1, 0.15) is 10.8 Å². The van der Waals surface area contributed by atoms with Gasteiger partial charge in [-0.15, -0.1) is 0 Å². The number of halogens is 1. The Bertz CT molecular complexity index is 352. The highest BCUT2D eigenvalue weighted by Crippen LogP contribution is 2.23. The number of pyridine rings is 1. The van der Waals surface area contributed by atoms with Crippen molar-refractivity contribution in [2.45, 2.75) is 13.0 Å². The number of hydrogen-bond acceptors (Lipinski definition) is 3. The molecule has 0 spiro atoms. The molecule has 0 aromatic carbocycles. The number of fused-ring (bicyclic) bond motifs is 1. The molecule has 3 nitrogen and oxygen atoms in total. The fourth-order valence-electron chi connectivity index (χ4n) is 1.40. The van der Waals surface area contributed by atoms with Crippen LogP contribution in [0.4, 0.5) is 0 Å². The lowest BCUT2D eigenvalue weighted by Gasteiger charge is -2.17. The molecule has 0 saturated heterocycles. The summed E-state index contributed by atoms with van der Waals surface area (Å²) in [6, 6.07) is 1.77. The van der Waals surface area contributed by atoms with E-state index in [-0.39, 0.29) is 0 Å². The van der Waals surface area contributed by atoms with Gasteiger partial charge in [0, 0.05) is 5.56 Å². The highest BCUT2D eigenvalue weighted by molar-refractivity contribution is 6.30. The Kier molecular flexibility index (Phi) is 2.29. The maximum atomic E-state index is 10.5. The lowest BCUT2D eigenvalue weighted by molar-refractivity contribution is 0.109. The SMILES string of the molecule is O=Cc1cc2c(c(Cl)n1)COCC2. The smallest absolute Gasteiger partial charge is 0.168 e. The van der Waals surface area contributed by atoms with Gasteiger partial charge in [0.25, 0.3) is 0 Å². The topological polar surface area (TPSA) is 39.2 Å². The molecule has 2 heterocycles. The van der Waals surface area contributed by atoms with E-state index in [1.54, 1.807) is 6.07 Å². The van der Waals surface area contributed by atoms with E-state index in [4.69, 9.17) is 16.3 Å². The first-order valence-electron chi connectivity index (χ1n) is 4.02. The van der Waals surface area contributed by atoms with Crippen LogP contribution in [0.3, 0.4) is 0 Å². The fourth-order valence-corrected chi connectivity index (χ4v) is 1.68. The third-order valence-corrected chi connectivity index (χ3v) is 2.38. The van der Waals surface area contributed by atoms with Crippen molar-refractivity contribution in [3.63, 3.8) is 0 Å². The molecule has 13 heavy (non-hydrogen) atoms. The maximum Gasteiger partial charge on any atom is 0.168 e. The summed E-state index contributed by atoms with van der Waals surface area (Å²) in [4.78, 5) is 14.4. The molecule has 0 fully saturated rings. The molecule has 0 radical (unpaired) electrons. The second-order valence-corrected chi connectivity index (χ2v) is 3.25. The minimum absolute atomic E-state index is 0.388. The van der Waals surface area contributed by atoms with Gasteiger partial charge in [-0.3, -0.25) is 4.79 Å². The average Bonchev–Trinajstić information content (AvgIpc) is 2.18. The molecule has 1 aliphatic rings. The van der Waals surface area contributed by atoms with Gasteiger partial charge in [-0.25, -0.2) is 4.98 Å². The van der Waals surface area contributed by atoms with E-state index in [1.807, 2.05) is 0 Å². The minimum atomic E-state index is 0.388. The standard InChI is InChI=1S/C9H8ClNO2/c10-9-8-5-13-2-1-6(8)3-7(4-12)11-9/h3-4H,1-2,5H2. The Balaban J connectivity index is 2.52. The van der Waals surface area contributed by atoms with Crippen LogP contribution in [-0.4, -0.2) is 17.9 Å². The second-order valence-electron chi connectivity index (χ2n) is 2.90. The van der Waals surface area contributed by atoms with Gasteiger partial charge in [0.05, 0.1) is 13.2 Å². The number of carbonyl (C=O) groups is 1. The monoisotopic (exact) mass is 197 g/mol. The number of rotatable bonds is 1. The Hall–Kier alpha value is -0.930. The molecule has 0 amide bonds. The zero-order chi connectivity index (χ0) is 9.26. The average molecular weight is 198 g/mol. The summed E-state index contributed by atoms with van der Waals surface area (Å²) in [5.74, 6) is 0. The van der Waals surface area contributed by atoms with E-state index >= 15 is 0 Å². The fraction of sp³-hybridized carbons (Fsp3) is 0.333. The van der Waals surface area contributed by atoms with Crippen molar-refractivity contribution in [1.82, 2.24) is 4.98 Å². The van der Waals surface area contributed by atoms with E-state index < -0.39 is 0 Å². The predicted molar refractivity (Wildman–Crippen MR) is 48.0 cm³/mol. The van der Waals surface area contributed by atoms with Crippen LogP contribution in [0.2, 0.25) is 5.15 Å². The van der Waals surface area contributed by atoms with E-state index in [0.29, 0.717) is 30.3 Å². The van der Waals surface area contributed by atoms with Crippen LogP contribution in [0.1, 0.15) is 21.6 Å². The number of aldehydes is 1. The normalized spacial score (nSPS) is 15.2.